The van der Waals surface area contributed by atoms with E-state index in [9.17, 15) is 9.50 Å². The van der Waals surface area contributed by atoms with Gasteiger partial charge >= 0.3 is 0 Å². The second-order valence-electron chi connectivity index (χ2n) is 7.24. The summed E-state index contributed by atoms with van der Waals surface area (Å²) in [6, 6.07) is 6.40. The molecular weight excluding hydrogens is 367 g/mol. The molecule has 2 aromatic rings. The smallest absolute Gasteiger partial charge is 0.132 e. The molecule has 1 aromatic carbocycles. The van der Waals surface area contributed by atoms with E-state index < -0.39 is 0 Å². The molecule has 27 heavy (non-hydrogen) atoms. The number of nitrogens with zero attached hydrogens (tertiary/aromatic N) is 3. The van der Waals surface area contributed by atoms with Gasteiger partial charge in [0.2, 0.25) is 0 Å². The van der Waals surface area contributed by atoms with Gasteiger partial charge in [-0.1, -0.05) is 23.7 Å². The Morgan fingerprint density at radius 3 is 2.67 bits per heavy atom. The van der Waals surface area contributed by atoms with Gasteiger partial charge in [-0.3, -0.25) is 0 Å². The van der Waals surface area contributed by atoms with Gasteiger partial charge in [0.15, 0.2) is 0 Å². The highest BCUT2D eigenvalue weighted by molar-refractivity contribution is 6.30. The lowest BCUT2D eigenvalue weighted by molar-refractivity contribution is 0.0821. The van der Waals surface area contributed by atoms with Crippen LogP contribution in [0.5, 0.6) is 0 Å². The fourth-order valence-corrected chi connectivity index (χ4v) is 3.74. The van der Waals surface area contributed by atoms with Gasteiger partial charge in [-0.25, -0.2) is 9.07 Å². The molecule has 0 bridgehead atoms. The maximum atomic E-state index is 13.0. The number of likely N-dealkylation sites (tertiary alicyclic amines) is 1. The molecule has 148 valence electrons. The van der Waals surface area contributed by atoms with Gasteiger partial charge in [0.25, 0.3) is 0 Å². The summed E-state index contributed by atoms with van der Waals surface area (Å²) >= 11 is 6.51. The molecule has 0 radical (unpaired) electrons. The number of aliphatic hydroxyl groups is 1. The quantitative estimate of drug-likeness (QED) is 0.676. The van der Waals surface area contributed by atoms with E-state index in [1.54, 1.807) is 16.8 Å². The Morgan fingerprint density at radius 2 is 1.96 bits per heavy atom. The lowest BCUT2D eigenvalue weighted by atomic mass is 10.1. The SMILES string of the molecule is Cc1nn(Cc2ccc(F)cc2)c(Cl)c1CNCCCN1CCC(O)CC1. The van der Waals surface area contributed by atoms with Crippen LogP contribution in [0.15, 0.2) is 24.3 Å². The van der Waals surface area contributed by atoms with Crippen LogP contribution in [0, 0.1) is 12.7 Å². The zero-order valence-electron chi connectivity index (χ0n) is 15.8. The lowest BCUT2D eigenvalue weighted by Gasteiger charge is -2.29. The van der Waals surface area contributed by atoms with E-state index in [-0.39, 0.29) is 11.9 Å². The summed E-state index contributed by atoms with van der Waals surface area (Å²) in [5.74, 6) is -0.243. The molecule has 3 rings (SSSR count). The summed E-state index contributed by atoms with van der Waals surface area (Å²) in [7, 11) is 0. The van der Waals surface area contributed by atoms with Crippen molar-refractivity contribution in [3.05, 3.63) is 52.1 Å². The number of aromatic nitrogens is 2. The van der Waals surface area contributed by atoms with Gasteiger partial charge < -0.3 is 15.3 Å². The van der Waals surface area contributed by atoms with E-state index in [1.807, 2.05) is 6.92 Å². The molecule has 0 unspecified atom stereocenters. The minimum absolute atomic E-state index is 0.115. The van der Waals surface area contributed by atoms with Crippen molar-refractivity contribution < 1.29 is 9.50 Å². The number of piperidine rings is 1. The van der Waals surface area contributed by atoms with Crippen LogP contribution in [0.25, 0.3) is 0 Å². The summed E-state index contributed by atoms with van der Waals surface area (Å²) in [5.41, 5.74) is 2.89. The number of aliphatic hydroxyl groups excluding tert-OH is 1. The molecule has 0 aliphatic carbocycles. The van der Waals surface area contributed by atoms with E-state index in [1.165, 1.54) is 12.1 Å². The average molecular weight is 395 g/mol. The highest BCUT2D eigenvalue weighted by Crippen LogP contribution is 2.21. The molecule has 2 heterocycles. The van der Waals surface area contributed by atoms with Crippen molar-refractivity contribution in [1.29, 1.82) is 0 Å². The van der Waals surface area contributed by atoms with E-state index in [0.29, 0.717) is 18.2 Å². The van der Waals surface area contributed by atoms with E-state index >= 15 is 0 Å². The van der Waals surface area contributed by atoms with Crippen LogP contribution in [0.2, 0.25) is 5.15 Å². The van der Waals surface area contributed by atoms with Crippen molar-refractivity contribution in [3.63, 3.8) is 0 Å². The van der Waals surface area contributed by atoms with Crippen molar-refractivity contribution >= 4 is 11.6 Å². The van der Waals surface area contributed by atoms with E-state index in [2.05, 4.69) is 15.3 Å². The van der Waals surface area contributed by atoms with Crippen LogP contribution in [0.1, 0.15) is 36.1 Å². The summed E-state index contributed by atoms with van der Waals surface area (Å²) in [4.78, 5) is 2.41. The fourth-order valence-electron chi connectivity index (χ4n) is 3.44. The summed E-state index contributed by atoms with van der Waals surface area (Å²) < 4.78 is 14.8. The molecule has 0 amide bonds. The number of rotatable bonds is 8. The van der Waals surface area contributed by atoms with Crippen LogP contribution in [0.4, 0.5) is 4.39 Å². The highest BCUT2D eigenvalue weighted by atomic mass is 35.5. The second-order valence-corrected chi connectivity index (χ2v) is 7.60. The molecule has 0 atom stereocenters. The minimum atomic E-state index is -0.243. The third-order valence-corrected chi connectivity index (χ3v) is 5.54. The van der Waals surface area contributed by atoms with Gasteiger partial charge in [-0.15, -0.1) is 0 Å². The molecule has 1 saturated heterocycles. The van der Waals surface area contributed by atoms with Crippen molar-refractivity contribution in [1.82, 2.24) is 20.0 Å². The zero-order valence-corrected chi connectivity index (χ0v) is 16.6. The first-order valence-corrected chi connectivity index (χ1v) is 9.98. The van der Waals surface area contributed by atoms with Crippen molar-refractivity contribution in [2.75, 3.05) is 26.2 Å². The minimum Gasteiger partial charge on any atom is -0.393 e. The molecular formula is C20H28ClFN4O. The Kier molecular flexibility index (Phi) is 7.24. The number of hydrogen-bond acceptors (Lipinski definition) is 4. The second kappa shape index (κ2) is 9.64. The summed E-state index contributed by atoms with van der Waals surface area (Å²) in [6.45, 7) is 7.12. The maximum absolute atomic E-state index is 13.0. The van der Waals surface area contributed by atoms with Gasteiger partial charge in [0.1, 0.15) is 11.0 Å². The predicted molar refractivity (Wildman–Crippen MR) is 105 cm³/mol. The van der Waals surface area contributed by atoms with Crippen molar-refractivity contribution in [3.8, 4) is 0 Å². The first-order valence-electron chi connectivity index (χ1n) is 9.60. The fraction of sp³-hybridized carbons (Fsp3) is 0.550. The molecule has 5 nitrogen and oxygen atoms in total. The Labute approximate surface area is 165 Å². The largest absolute Gasteiger partial charge is 0.393 e. The molecule has 1 fully saturated rings. The Balaban J connectivity index is 1.44. The number of halogens is 2. The van der Waals surface area contributed by atoms with Crippen molar-refractivity contribution in [2.24, 2.45) is 0 Å². The summed E-state index contributed by atoms with van der Waals surface area (Å²) in [5, 5.41) is 18.2. The Morgan fingerprint density at radius 1 is 1.26 bits per heavy atom. The first-order chi connectivity index (χ1) is 13.0. The van der Waals surface area contributed by atoms with E-state index in [0.717, 1.165) is 62.3 Å². The predicted octanol–water partition coefficient (Wildman–Crippen LogP) is 2.97. The molecule has 2 N–H and O–H groups in total. The van der Waals surface area contributed by atoms with Gasteiger partial charge in [-0.05, 0) is 57.0 Å². The third kappa shape index (κ3) is 5.75. The third-order valence-electron chi connectivity index (χ3n) is 5.12. The average Bonchev–Trinajstić information content (AvgIpc) is 2.92. The van der Waals surface area contributed by atoms with Crippen LogP contribution in [0.3, 0.4) is 0 Å². The molecule has 1 aliphatic heterocycles. The highest BCUT2D eigenvalue weighted by Gasteiger charge is 2.16. The molecule has 0 spiro atoms. The van der Waals surface area contributed by atoms with E-state index in [4.69, 9.17) is 11.6 Å². The number of benzene rings is 1. The Bertz CT molecular complexity index is 726. The molecule has 1 aliphatic rings. The lowest BCUT2D eigenvalue weighted by Crippen LogP contribution is -2.37. The van der Waals surface area contributed by atoms with Gasteiger partial charge in [0.05, 0.1) is 18.3 Å². The normalized spacial score (nSPS) is 16.1. The van der Waals surface area contributed by atoms with Gasteiger partial charge in [-0.2, -0.15) is 5.10 Å². The van der Waals surface area contributed by atoms with Crippen LogP contribution < -0.4 is 5.32 Å². The molecule has 1 aromatic heterocycles. The summed E-state index contributed by atoms with van der Waals surface area (Å²) in [6.07, 6.45) is 2.72. The number of hydrogen-bond donors (Lipinski definition) is 2. The standard InChI is InChI=1S/C20H28ClFN4O/c1-15-19(13-23-9-2-10-25-11-7-18(27)8-12-25)20(21)26(24-15)14-16-3-5-17(22)6-4-16/h3-6,18,23,27H,2,7-14H2,1H3. The monoisotopic (exact) mass is 394 g/mol. The molecule has 0 saturated carbocycles. The Hall–Kier alpha value is -1.47. The first kappa shape index (κ1) is 20.3. The zero-order chi connectivity index (χ0) is 19.2. The van der Waals surface area contributed by atoms with Gasteiger partial charge in [0, 0.05) is 25.2 Å². The number of nitrogens with one attached hydrogen (secondary N) is 1. The number of aryl methyl sites for hydroxylation is 1. The van der Waals surface area contributed by atoms with Crippen LogP contribution in [-0.4, -0.2) is 52.1 Å². The molecule has 7 heteroatoms. The van der Waals surface area contributed by atoms with Crippen molar-refractivity contribution in [2.45, 2.75) is 45.4 Å². The maximum Gasteiger partial charge on any atom is 0.132 e. The topological polar surface area (TPSA) is 53.3 Å². The van der Waals surface area contributed by atoms with Crippen LogP contribution in [-0.2, 0) is 13.1 Å². The van der Waals surface area contributed by atoms with Crippen LogP contribution >= 0.6 is 11.6 Å².